The van der Waals surface area contributed by atoms with Crippen molar-refractivity contribution in [3.8, 4) is 5.75 Å². The van der Waals surface area contributed by atoms with Gasteiger partial charge in [-0.15, -0.1) is 0 Å². The van der Waals surface area contributed by atoms with Gasteiger partial charge in [0.1, 0.15) is 11.3 Å². The van der Waals surface area contributed by atoms with Gasteiger partial charge in [0.2, 0.25) is 0 Å². The third-order valence-electron chi connectivity index (χ3n) is 5.72. The van der Waals surface area contributed by atoms with E-state index in [0.717, 1.165) is 0 Å². The molecule has 1 aliphatic heterocycles. The standard InChI is InChI=1S/C26H18ClNO6/c1-32-25(30)15-8-6-14(7-9-15)20-21-22(18-4-2-3-5-19(18)33-26(21)31)34-23(20)24(29)28-17-12-10-16(27)11-13-17/h2-13,20,23H,1H3,(H,28,29)/t20-,23-/m0/s1. The lowest BCUT2D eigenvalue weighted by atomic mass is 9.87. The molecule has 2 atom stereocenters. The molecule has 0 spiro atoms. The van der Waals surface area contributed by atoms with Crippen LogP contribution in [0.15, 0.2) is 82.0 Å². The molecule has 1 amide bonds. The van der Waals surface area contributed by atoms with E-state index in [2.05, 4.69) is 5.32 Å². The zero-order chi connectivity index (χ0) is 23.8. The Kier molecular flexibility index (Phi) is 5.55. The average molecular weight is 476 g/mol. The topological polar surface area (TPSA) is 94.8 Å². The lowest BCUT2D eigenvalue weighted by molar-refractivity contribution is -0.122. The first-order valence-electron chi connectivity index (χ1n) is 10.4. The highest BCUT2D eigenvalue weighted by Gasteiger charge is 2.44. The molecule has 8 heteroatoms. The summed E-state index contributed by atoms with van der Waals surface area (Å²) in [5.41, 5.74) is 1.53. The van der Waals surface area contributed by atoms with Gasteiger partial charge < -0.3 is 19.2 Å². The Hall–Kier alpha value is -4.10. The summed E-state index contributed by atoms with van der Waals surface area (Å²) in [4.78, 5) is 38.2. The van der Waals surface area contributed by atoms with Crippen molar-refractivity contribution < 1.29 is 23.5 Å². The van der Waals surface area contributed by atoms with Crippen molar-refractivity contribution >= 4 is 40.1 Å². The molecule has 0 unspecified atom stereocenters. The van der Waals surface area contributed by atoms with Crippen LogP contribution in [0.5, 0.6) is 5.75 Å². The highest BCUT2D eigenvalue weighted by Crippen LogP contribution is 2.44. The number of halogens is 1. The van der Waals surface area contributed by atoms with E-state index in [1.54, 1.807) is 72.8 Å². The zero-order valence-electron chi connectivity index (χ0n) is 17.9. The van der Waals surface area contributed by atoms with Crippen LogP contribution in [0, 0.1) is 0 Å². The number of anilines is 1. The number of methoxy groups -OCH3 is 1. The second-order valence-corrected chi connectivity index (χ2v) is 8.19. The lowest BCUT2D eigenvalue weighted by Crippen LogP contribution is -2.35. The van der Waals surface area contributed by atoms with Gasteiger partial charge in [0.15, 0.2) is 6.10 Å². The monoisotopic (exact) mass is 475 g/mol. The summed E-state index contributed by atoms with van der Waals surface area (Å²) < 4.78 is 16.4. The van der Waals surface area contributed by atoms with Crippen LogP contribution in [0.2, 0.25) is 5.02 Å². The van der Waals surface area contributed by atoms with Crippen LogP contribution in [0.1, 0.15) is 27.4 Å². The number of fused-ring (bicyclic) bond motifs is 3. The molecule has 7 nitrogen and oxygen atoms in total. The van der Waals surface area contributed by atoms with Gasteiger partial charge in [0.05, 0.1) is 29.5 Å². The van der Waals surface area contributed by atoms with Crippen molar-refractivity contribution in [3.63, 3.8) is 0 Å². The molecule has 0 aliphatic carbocycles. The molecular weight excluding hydrogens is 458 g/mol. The largest absolute Gasteiger partial charge is 0.478 e. The number of benzene rings is 3. The predicted octanol–water partition coefficient (Wildman–Crippen LogP) is 4.76. The van der Waals surface area contributed by atoms with Crippen LogP contribution in [0.25, 0.3) is 11.0 Å². The summed E-state index contributed by atoms with van der Waals surface area (Å²) in [6.07, 6.45) is -1.05. The number of esters is 1. The van der Waals surface area contributed by atoms with E-state index in [1.807, 2.05) is 0 Å². The van der Waals surface area contributed by atoms with Crippen molar-refractivity contribution in [2.75, 3.05) is 12.4 Å². The number of nitrogens with one attached hydrogen (secondary N) is 1. The Morgan fingerprint density at radius 2 is 1.68 bits per heavy atom. The summed E-state index contributed by atoms with van der Waals surface area (Å²) in [6.45, 7) is 0. The number of hydrogen-bond donors (Lipinski definition) is 1. The molecule has 170 valence electrons. The molecule has 0 fully saturated rings. The fourth-order valence-corrected chi connectivity index (χ4v) is 4.24. The summed E-state index contributed by atoms with van der Waals surface area (Å²) in [6, 6.07) is 20.2. The van der Waals surface area contributed by atoms with Gasteiger partial charge in [-0.25, -0.2) is 9.59 Å². The van der Waals surface area contributed by atoms with E-state index < -0.39 is 29.5 Å². The SMILES string of the molecule is COC(=O)c1ccc([C@H]2c3c(c4ccccc4oc3=O)O[C@@H]2C(=O)Nc2ccc(Cl)cc2)cc1. The first-order chi connectivity index (χ1) is 16.5. The van der Waals surface area contributed by atoms with Crippen LogP contribution < -0.4 is 15.7 Å². The summed E-state index contributed by atoms with van der Waals surface area (Å²) >= 11 is 5.94. The van der Waals surface area contributed by atoms with E-state index >= 15 is 0 Å². The van der Waals surface area contributed by atoms with Gasteiger partial charge in [-0.2, -0.15) is 0 Å². The number of rotatable bonds is 4. The highest BCUT2D eigenvalue weighted by molar-refractivity contribution is 6.30. The summed E-state index contributed by atoms with van der Waals surface area (Å²) in [5, 5.41) is 3.95. The zero-order valence-corrected chi connectivity index (χ0v) is 18.7. The lowest BCUT2D eigenvalue weighted by Gasteiger charge is -2.19. The van der Waals surface area contributed by atoms with Gasteiger partial charge in [-0.3, -0.25) is 4.79 Å². The molecular formula is C26H18ClNO6. The van der Waals surface area contributed by atoms with Crippen LogP contribution in [-0.4, -0.2) is 25.1 Å². The Labute approximate surface area is 198 Å². The third kappa shape index (κ3) is 3.80. The Balaban J connectivity index is 1.60. The van der Waals surface area contributed by atoms with E-state index in [9.17, 15) is 14.4 Å². The van der Waals surface area contributed by atoms with Gasteiger partial charge >= 0.3 is 11.6 Å². The number of ether oxygens (including phenoxy) is 2. The molecule has 1 N–H and O–H groups in total. The Bertz CT molecular complexity index is 1460. The van der Waals surface area contributed by atoms with Gasteiger partial charge in [0, 0.05) is 10.7 Å². The van der Waals surface area contributed by atoms with Gasteiger partial charge in [-0.05, 0) is 54.1 Å². The van der Waals surface area contributed by atoms with E-state index in [0.29, 0.717) is 38.6 Å². The highest BCUT2D eigenvalue weighted by atomic mass is 35.5. The summed E-state index contributed by atoms with van der Waals surface area (Å²) in [5.74, 6) is -1.37. The maximum atomic E-state index is 13.3. The van der Waals surface area contributed by atoms with Crippen molar-refractivity contribution in [2.24, 2.45) is 0 Å². The number of para-hydroxylation sites is 1. The first-order valence-corrected chi connectivity index (χ1v) is 10.8. The van der Waals surface area contributed by atoms with E-state index in [1.165, 1.54) is 7.11 Å². The maximum Gasteiger partial charge on any atom is 0.344 e. The number of hydrogen-bond acceptors (Lipinski definition) is 6. The molecule has 0 bridgehead atoms. The fraction of sp³-hybridized carbons (Fsp3) is 0.115. The van der Waals surface area contributed by atoms with Crippen LogP contribution >= 0.6 is 11.6 Å². The number of amides is 1. The number of carbonyl (C=O) groups is 2. The Morgan fingerprint density at radius 1 is 0.971 bits per heavy atom. The molecule has 5 rings (SSSR count). The van der Waals surface area contributed by atoms with Crippen molar-refractivity contribution in [2.45, 2.75) is 12.0 Å². The van der Waals surface area contributed by atoms with E-state index in [4.69, 9.17) is 25.5 Å². The maximum absolute atomic E-state index is 13.3. The van der Waals surface area contributed by atoms with Gasteiger partial charge in [0.25, 0.3) is 5.91 Å². The predicted molar refractivity (Wildman–Crippen MR) is 127 cm³/mol. The molecule has 0 saturated heterocycles. The molecule has 1 aromatic heterocycles. The molecule has 4 aromatic rings. The minimum absolute atomic E-state index is 0.251. The smallest absolute Gasteiger partial charge is 0.344 e. The van der Waals surface area contributed by atoms with Crippen molar-refractivity contribution in [1.29, 1.82) is 0 Å². The molecule has 0 saturated carbocycles. The minimum atomic E-state index is -1.05. The molecule has 0 radical (unpaired) electrons. The first kappa shape index (κ1) is 21.7. The van der Waals surface area contributed by atoms with Crippen LogP contribution in [-0.2, 0) is 9.53 Å². The second kappa shape index (κ2) is 8.68. The molecule has 1 aliphatic rings. The molecule has 2 heterocycles. The number of carbonyl (C=O) groups excluding carboxylic acids is 2. The van der Waals surface area contributed by atoms with Crippen LogP contribution in [0.4, 0.5) is 5.69 Å². The van der Waals surface area contributed by atoms with Gasteiger partial charge in [-0.1, -0.05) is 35.9 Å². The fourth-order valence-electron chi connectivity index (χ4n) is 4.11. The average Bonchev–Trinajstić information content (AvgIpc) is 3.27. The Morgan fingerprint density at radius 3 is 2.38 bits per heavy atom. The molecule has 34 heavy (non-hydrogen) atoms. The minimum Gasteiger partial charge on any atom is -0.478 e. The van der Waals surface area contributed by atoms with Crippen LogP contribution in [0.3, 0.4) is 0 Å². The molecule has 3 aromatic carbocycles. The summed E-state index contributed by atoms with van der Waals surface area (Å²) in [7, 11) is 1.30. The quantitative estimate of drug-likeness (QED) is 0.337. The van der Waals surface area contributed by atoms with Crippen molar-refractivity contribution in [1.82, 2.24) is 0 Å². The van der Waals surface area contributed by atoms with E-state index in [-0.39, 0.29) is 5.56 Å². The second-order valence-electron chi connectivity index (χ2n) is 7.75. The third-order valence-corrected chi connectivity index (χ3v) is 5.97. The normalized spacial score (nSPS) is 16.5. The van der Waals surface area contributed by atoms with Crippen molar-refractivity contribution in [3.05, 3.63) is 105 Å².